The van der Waals surface area contributed by atoms with E-state index in [1.165, 1.54) is 11.3 Å². The molecule has 29 heavy (non-hydrogen) atoms. The summed E-state index contributed by atoms with van der Waals surface area (Å²) in [6, 6.07) is 16.8. The lowest BCUT2D eigenvalue weighted by atomic mass is 9.96. The van der Waals surface area contributed by atoms with Gasteiger partial charge in [0.1, 0.15) is 5.01 Å². The maximum absolute atomic E-state index is 12.9. The highest BCUT2D eigenvalue weighted by molar-refractivity contribution is 7.18. The Kier molecular flexibility index (Phi) is 4.94. The van der Waals surface area contributed by atoms with Crippen LogP contribution < -0.4 is 5.32 Å². The summed E-state index contributed by atoms with van der Waals surface area (Å²) >= 11 is 1.31. The molecule has 0 aliphatic rings. The Hall–Kier alpha value is -3.39. The highest BCUT2D eigenvalue weighted by Crippen LogP contribution is 2.29. The smallest absolute Gasteiger partial charge is 0.258 e. The van der Waals surface area contributed by atoms with Gasteiger partial charge in [-0.3, -0.25) is 10.1 Å². The zero-order chi connectivity index (χ0) is 20.4. The van der Waals surface area contributed by atoms with E-state index in [-0.39, 0.29) is 11.3 Å². The molecule has 2 heterocycles. The van der Waals surface area contributed by atoms with E-state index < -0.39 is 0 Å². The van der Waals surface area contributed by atoms with Gasteiger partial charge in [0.05, 0.1) is 11.1 Å². The Morgan fingerprint density at radius 3 is 2.45 bits per heavy atom. The van der Waals surface area contributed by atoms with Gasteiger partial charge in [0.25, 0.3) is 11.8 Å². The summed E-state index contributed by atoms with van der Waals surface area (Å²) < 4.78 is 5.41. The summed E-state index contributed by atoms with van der Waals surface area (Å²) in [5.41, 5.74) is 1.69. The van der Waals surface area contributed by atoms with Gasteiger partial charge in [-0.1, -0.05) is 79.7 Å². The quantitative estimate of drug-likeness (QED) is 0.524. The van der Waals surface area contributed by atoms with Gasteiger partial charge in [0.15, 0.2) is 5.82 Å². The van der Waals surface area contributed by atoms with Crippen molar-refractivity contribution in [2.75, 3.05) is 5.32 Å². The van der Waals surface area contributed by atoms with Crippen LogP contribution in [-0.2, 0) is 5.41 Å². The average molecular weight is 405 g/mol. The number of nitrogens with zero attached hydrogens (tertiary/aromatic N) is 4. The highest BCUT2D eigenvalue weighted by Gasteiger charge is 2.24. The Bertz CT molecular complexity index is 1150. The molecule has 0 saturated heterocycles. The van der Waals surface area contributed by atoms with Crippen molar-refractivity contribution in [2.45, 2.75) is 26.2 Å². The third kappa shape index (κ3) is 4.07. The van der Waals surface area contributed by atoms with Crippen molar-refractivity contribution in [3.8, 4) is 22.0 Å². The van der Waals surface area contributed by atoms with Gasteiger partial charge < -0.3 is 4.52 Å². The number of carbonyl (C=O) groups excluding carboxylic acids is 1. The van der Waals surface area contributed by atoms with Gasteiger partial charge in [-0.25, -0.2) is 0 Å². The van der Waals surface area contributed by atoms with Crippen LogP contribution in [0.1, 0.15) is 37.0 Å². The van der Waals surface area contributed by atoms with Crippen LogP contribution in [0.15, 0.2) is 59.1 Å². The fourth-order valence-corrected chi connectivity index (χ4v) is 3.38. The van der Waals surface area contributed by atoms with Gasteiger partial charge in [0.2, 0.25) is 5.13 Å². The number of benzene rings is 2. The minimum atomic E-state index is -0.313. The lowest BCUT2D eigenvalue weighted by molar-refractivity contribution is 0.102. The molecule has 1 amide bonds. The second-order valence-electron chi connectivity index (χ2n) is 7.45. The van der Waals surface area contributed by atoms with Gasteiger partial charge in [-0.05, 0) is 12.1 Å². The van der Waals surface area contributed by atoms with Crippen molar-refractivity contribution in [2.24, 2.45) is 0 Å². The maximum atomic E-state index is 12.9. The summed E-state index contributed by atoms with van der Waals surface area (Å²) in [5, 5.41) is 16.3. The minimum Gasteiger partial charge on any atom is -0.334 e. The zero-order valence-electron chi connectivity index (χ0n) is 16.2. The molecule has 0 fully saturated rings. The molecule has 0 aliphatic carbocycles. The zero-order valence-corrected chi connectivity index (χ0v) is 17.0. The van der Waals surface area contributed by atoms with Crippen LogP contribution in [0.3, 0.4) is 0 Å². The lowest BCUT2D eigenvalue weighted by Gasteiger charge is -2.11. The van der Waals surface area contributed by atoms with Crippen LogP contribution in [0.2, 0.25) is 0 Å². The molecular weight excluding hydrogens is 386 g/mol. The first-order chi connectivity index (χ1) is 13.9. The van der Waals surface area contributed by atoms with Gasteiger partial charge in [-0.15, -0.1) is 10.2 Å². The molecule has 0 atom stereocenters. The average Bonchev–Trinajstić information content (AvgIpc) is 3.38. The minimum absolute atomic E-state index is 0.251. The Morgan fingerprint density at radius 2 is 1.72 bits per heavy atom. The molecular formula is C21H19N5O2S. The van der Waals surface area contributed by atoms with E-state index in [1.807, 2.05) is 57.2 Å². The van der Waals surface area contributed by atoms with E-state index in [0.29, 0.717) is 28.0 Å². The summed E-state index contributed by atoms with van der Waals surface area (Å²) in [6.45, 7) is 6.00. The van der Waals surface area contributed by atoms with E-state index in [4.69, 9.17) is 4.52 Å². The third-order valence-corrected chi connectivity index (χ3v) is 5.05. The van der Waals surface area contributed by atoms with Crippen molar-refractivity contribution in [3.05, 3.63) is 66.0 Å². The van der Waals surface area contributed by atoms with E-state index in [0.717, 1.165) is 10.6 Å². The number of hydrogen-bond acceptors (Lipinski definition) is 7. The predicted octanol–water partition coefficient (Wildman–Crippen LogP) is 4.80. The van der Waals surface area contributed by atoms with E-state index >= 15 is 0 Å². The third-order valence-electron chi connectivity index (χ3n) is 4.17. The van der Waals surface area contributed by atoms with Crippen LogP contribution in [-0.4, -0.2) is 26.2 Å². The molecule has 1 N–H and O–H groups in total. The maximum Gasteiger partial charge on any atom is 0.258 e. The van der Waals surface area contributed by atoms with Crippen LogP contribution >= 0.6 is 11.3 Å². The largest absolute Gasteiger partial charge is 0.334 e. The normalized spacial score (nSPS) is 11.4. The number of nitrogens with one attached hydrogen (secondary N) is 1. The van der Waals surface area contributed by atoms with Gasteiger partial charge >= 0.3 is 0 Å². The number of carbonyl (C=O) groups is 1. The van der Waals surface area contributed by atoms with Gasteiger partial charge in [0, 0.05) is 11.0 Å². The van der Waals surface area contributed by atoms with Crippen LogP contribution in [0.5, 0.6) is 0 Å². The summed E-state index contributed by atoms with van der Waals surface area (Å²) in [7, 11) is 0. The Morgan fingerprint density at radius 1 is 1.00 bits per heavy atom. The topological polar surface area (TPSA) is 93.8 Å². The molecule has 0 saturated carbocycles. The van der Waals surface area contributed by atoms with E-state index in [9.17, 15) is 4.79 Å². The van der Waals surface area contributed by atoms with Crippen molar-refractivity contribution in [1.82, 2.24) is 20.3 Å². The van der Waals surface area contributed by atoms with Crippen LogP contribution in [0.25, 0.3) is 22.0 Å². The number of amides is 1. The predicted molar refractivity (Wildman–Crippen MR) is 112 cm³/mol. The Labute approximate surface area is 171 Å². The molecule has 7 nitrogen and oxygen atoms in total. The molecule has 0 aliphatic heterocycles. The first-order valence-electron chi connectivity index (χ1n) is 9.06. The highest BCUT2D eigenvalue weighted by atomic mass is 32.1. The molecule has 0 unspecified atom stereocenters. The van der Waals surface area contributed by atoms with E-state index in [2.05, 4.69) is 25.7 Å². The lowest BCUT2D eigenvalue weighted by Crippen LogP contribution is -2.14. The summed E-state index contributed by atoms with van der Waals surface area (Å²) in [4.78, 5) is 17.4. The SMILES string of the molecule is CC(C)(C)c1noc(-c2ccccc2C(=O)Nc2nnc(-c3ccccc3)s2)n1. The number of aromatic nitrogens is 4. The fourth-order valence-electron chi connectivity index (χ4n) is 2.64. The molecule has 0 bridgehead atoms. The van der Waals surface area contributed by atoms with Crippen molar-refractivity contribution in [1.29, 1.82) is 0 Å². The molecule has 2 aromatic carbocycles. The monoisotopic (exact) mass is 405 g/mol. The fraction of sp³-hybridized carbons (Fsp3) is 0.190. The molecule has 146 valence electrons. The molecule has 2 aromatic heterocycles. The van der Waals surface area contributed by atoms with Gasteiger partial charge in [-0.2, -0.15) is 4.98 Å². The molecule has 4 aromatic rings. The standard InChI is InChI=1S/C21H19N5O2S/c1-21(2,3)19-23-17(28-26-19)15-12-8-7-11-14(15)16(27)22-20-25-24-18(29-20)13-9-5-4-6-10-13/h4-12H,1-3H3,(H,22,25,27). The first-order valence-corrected chi connectivity index (χ1v) is 9.87. The van der Waals surface area contributed by atoms with Crippen molar-refractivity contribution < 1.29 is 9.32 Å². The molecule has 4 rings (SSSR count). The van der Waals surface area contributed by atoms with Crippen LogP contribution in [0.4, 0.5) is 5.13 Å². The van der Waals surface area contributed by atoms with Crippen molar-refractivity contribution in [3.63, 3.8) is 0 Å². The summed E-state index contributed by atoms with van der Waals surface area (Å²) in [6.07, 6.45) is 0. The Balaban J connectivity index is 1.59. The first kappa shape index (κ1) is 18.9. The number of anilines is 1. The number of hydrogen-bond donors (Lipinski definition) is 1. The number of rotatable bonds is 4. The second kappa shape index (κ2) is 7.56. The molecule has 8 heteroatoms. The van der Waals surface area contributed by atoms with Crippen molar-refractivity contribution >= 4 is 22.4 Å². The van der Waals surface area contributed by atoms with E-state index in [1.54, 1.807) is 18.2 Å². The molecule has 0 radical (unpaired) electrons. The van der Waals surface area contributed by atoms with Crippen LogP contribution in [0, 0.1) is 0 Å². The summed E-state index contributed by atoms with van der Waals surface area (Å²) in [5.74, 6) is 0.578. The molecule has 0 spiro atoms. The second-order valence-corrected chi connectivity index (χ2v) is 8.43.